The van der Waals surface area contributed by atoms with Crippen LogP contribution < -0.4 is 0 Å². The average molecular weight is 186 g/mol. The predicted molar refractivity (Wildman–Crippen MR) is 58.6 cm³/mol. The summed E-state index contributed by atoms with van der Waals surface area (Å²) in [4.78, 5) is 11.0. The van der Waals surface area contributed by atoms with Crippen molar-refractivity contribution in [2.75, 3.05) is 0 Å². The van der Waals surface area contributed by atoms with Crippen LogP contribution in [-0.4, -0.2) is 18.2 Å². The smallest absolute Gasteiger partial charge is 0.198 e. The predicted octanol–water partition coefficient (Wildman–Crippen LogP) is 1.85. The largest absolute Gasteiger partial charge is 0.288 e. The van der Waals surface area contributed by atoms with Crippen molar-refractivity contribution in [3.63, 3.8) is 0 Å². The second-order valence-electron chi connectivity index (χ2n) is 2.43. The van der Waals surface area contributed by atoms with E-state index in [4.69, 9.17) is 0 Å². The van der Waals surface area contributed by atoms with Gasteiger partial charge in [-0.25, -0.2) is 0 Å². The Bertz CT molecular complexity index is 323. The molecule has 0 saturated heterocycles. The maximum absolute atomic E-state index is 11.0. The standard InChI is InChI=1S/C11H10N2O/c14-11-8-6-4-2-1-3-5-7-9-12-13-10-11/h1-10H/b3-1-,4-2-,7-5-,8-6-,12-9-,13-10-. The van der Waals surface area contributed by atoms with Crippen LogP contribution in [0.3, 0.4) is 0 Å². The van der Waals surface area contributed by atoms with Crippen LogP contribution in [0.15, 0.2) is 58.8 Å². The highest BCUT2D eigenvalue weighted by atomic mass is 16.1. The average Bonchev–Trinajstić information content (AvgIpc) is 2.20. The molecule has 3 nitrogen and oxygen atoms in total. The van der Waals surface area contributed by atoms with Gasteiger partial charge < -0.3 is 0 Å². The number of allylic oxidation sites excluding steroid dienone is 8. The first-order valence-electron chi connectivity index (χ1n) is 4.16. The van der Waals surface area contributed by atoms with Crippen molar-refractivity contribution in [2.24, 2.45) is 10.2 Å². The Balaban J connectivity index is 2.77. The summed E-state index contributed by atoms with van der Waals surface area (Å²) < 4.78 is 0. The number of hydrogen-bond donors (Lipinski definition) is 0. The quantitative estimate of drug-likeness (QED) is 0.569. The molecular formula is C11H10N2O. The van der Waals surface area contributed by atoms with Gasteiger partial charge in [-0.05, 0) is 12.2 Å². The number of nitrogens with zero attached hydrogens (tertiary/aromatic N) is 2. The van der Waals surface area contributed by atoms with E-state index in [2.05, 4.69) is 10.2 Å². The highest BCUT2D eigenvalue weighted by molar-refractivity contribution is 6.32. The fourth-order valence-electron chi connectivity index (χ4n) is 0.731. The van der Waals surface area contributed by atoms with Crippen LogP contribution in [0, 0.1) is 0 Å². The van der Waals surface area contributed by atoms with Gasteiger partial charge in [-0.2, -0.15) is 10.2 Å². The molecule has 0 radical (unpaired) electrons. The fraction of sp³-hybridized carbons (Fsp3) is 0. The van der Waals surface area contributed by atoms with Crippen molar-refractivity contribution in [3.05, 3.63) is 48.6 Å². The lowest BCUT2D eigenvalue weighted by Crippen LogP contribution is -1.91. The summed E-state index contributed by atoms with van der Waals surface area (Å²) in [6, 6.07) is 0. The SMILES string of the molecule is O=C1\C=C/C=C\C=C/C=C\C=N/N=C\1. The molecule has 0 N–H and O–H groups in total. The van der Waals surface area contributed by atoms with Crippen molar-refractivity contribution >= 4 is 18.2 Å². The summed E-state index contributed by atoms with van der Waals surface area (Å²) in [7, 11) is 0. The van der Waals surface area contributed by atoms with E-state index in [1.54, 1.807) is 18.2 Å². The van der Waals surface area contributed by atoms with Gasteiger partial charge in [0.2, 0.25) is 0 Å². The van der Waals surface area contributed by atoms with E-state index in [1.165, 1.54) is 18.5 Å². The zero-order valence-electron chi connectivity index (χ0n) is 7.58. The highest BCUT2D eigenvalue weighted by Gasteiger charge is 1.85. The van der Waals surface area contributed by atoms with Crippen molar-refractivity contribution in [2.45, 2.75) is 0 Å². The van der Waals surface area contributed by atoms with Crippen LogP contribution in [-0.2, 0) is 4.79 Å². The maximum Gasteiger partial charge on any atom is 0.198 e. The first-order valence-corrected chi connectivity index (χ1v) is 4.16. The second kappa shape index (κ2) is 6.48. The number of carbonyl (C=O) groups is 1. The van der Waals surface area contributed by atoms with Crippen molar-refractivity contribution < 1.29 is 4.79 Å². The molecule has 0 fully saturated rings. The van der Waals surface area contributed by atoms with Crippen LogP contribution >= 0.6 is 0 Å². The van der Waals surface area contributed by atoms with Gasteiger partial charge in [-0.3, -0.25) is 4.79 Å². The summed E-state index contributed by atoms with van der Waals surface area (Å²) in [5.41, 5.74) is 0. The number of carbonyl (C=O) groups excluding carboxylic acids is 1. The van der Waals surface area contributed by atoms with Gasteiger partial charge in [0.25, 0.3) is 0 Å². The minimum absolute atomic E-state index is 0.181. The lowest BCUT2D eigenvalue weighted by molar-refractivity contribution is -0.108. The van der Waals surface area contributed by atoms with Crippen LogP contribution in [0.25, 0.3) is 0 Å². The summed E-state index contributed by atoms with van der Waals surface area (Å²) in [5.74, 6) is -0.181. The minimum Gasteiger partial charge on any atom is -0.288 e. The Kier molecular flexibility index (Phi) is 4.65. The molecular weight excluding hydrogens is 176 g/mol. The number of ketones is 1. The molecule has 0 bridgehead atoms. The molecule has 14 heavy (non-hydrogen) atoms. The second-order valence-corrected chi connectivity index (χ2v) is 2.43. The first kappa shape index (κ1) is 10.1. The maximum atomic E-state index is 11.0. The molecule has 1 aliphatic rings. The number of hydrogen-bond acceptors (Lipinski definition) is 3. The first-order chi connectivity index (χ1) is 6.89. The van der Waals surface area contributed by atoms with Gasteiger partial charge in [-0.1, -0.05) is 36.5 Å². The Hall–Kier alpha value is -2.03. The van der Waals surface area contributed by atoms with Gasteiger partial charge in [0.15, 0.2) is 5.78 Å². The van der Waals surface area contributed by atoms with Crippen molar-refractivity contribution in [3.8, 4) is 0 Å². The van der Waals surface area contributed by atoms with Gasteiger partial charge in [0.05, 0.1) is 6.21 Å². The normalized spacial score (nSPS) is 30.1. The molecule has 0 spiro atoms. The van der Waals surface area contributed by atoms with E-state index >= 15 is 0 Å². The summed E-state index contributed by atoms with van der Waals surface area (Å²) in [6.45, 7) is 0. The van der Waals surface area contributed by atoms with E-state index in [9.17, 15) is 4.79 Å². The molecule has 0 amide bonds. The van der Waals surface area contributed by atoms with E-state index < -0.39 is 0 Å². The van der Waals surface area contributed by atoms with Crippen molar-refractivity contribution in [1.29, 1.82) is 0 Å². The zero-order chi connectivity index (χ0) is 10.1. The molecule has 0 unspecified atom stereocenters. The lowest BCUT2D eigenvalue weighted by Gasteiger charge is -1.77. The zero-order valence-corrected chi connectivity index (χ0v) is 7.58. The van der Waals surface area contributed by atoms with Gasteiger partial charge in [0, 0.05) is 6.21 Å². The van der Waals surface area contributed by atoms with E-state index in [1.807, 2.05) is 24.3 Å². The molecule has 0 saturated carbocycles. The molecule has 0 aromatic rings. The third kappa shape index (κ3) is 4.77. The summed E-state index contributed by atoms with van der Waals surface area (Å²) >= 11 is 0. The number of rotatable bonds is 0. The molecule has 0 aromatic carbocycles. The molecule has 0 aliphatic carbocycles. The molecule has 1 rings (SSSR count). The fourth-order valence-corrected chi connectivity index (χ4v) is 0.731. The molecule has 0 aromatic heterocycles. The summed E-state index contributed by atoms with van der Waals surface area (Å²) in [6.07, 6.45) is 16.6. The Morgan fingerprint density at radius 2 is 1.43 bits per heavy atom. The monoisotopic (exact) mass is 186 g/mol. The van der Waals surface area contributed by atoms with Crippen molar-refractivity contribution in [1.82, 2.24) is 0 Å². The van der Waals surface area contributed by atoms with Crippen LogP contribution in [0.4, 0.5) is 0 Å². The topological polar surface area (TPSA) is 41.8 Å². The van der Waals surface area contributed by atoms with E-state index in [0.29, 0.717) is 0 Å². The Morgan fingerprint density at radius 1 is 0.786 bits per heavy atom. The summed E-state index contributed by atoms with van der Waals surface area (Å²) in [5, 5.41) is 7.20. The van der Waals surface area contributed by atoms with Crippen LogP contribution in [0.2, 0.25) is 0 Å². The molecule has 0 atom stereocenters. The van der Waals surface area contributed by atoms with E-state index in [0.717, 1.165) is 0 Å². The minimum atomic E-state index is -0.181. The van der Waals surface area contributed by atoms with Gasteiger partial charge in [-0.15, -0.1) is 0 Å². The molecule has 70 valence electrons. The molecule has 3 heteroatoms. The third-order valence-corrected chi connectivity index (χ3v) is 1.33. The third-order valence-electron chi connectivity index (χ3n) is 1.33. The Morgan fingerprint density at radius 3 is 2.21 bits per heavy atom. The Labute approximate surface area is 82.5 Å². The lowest BCUT2D eigenvalue weighted by atomic mass is 10.3. The molecule has 1 heterocycles. The van der Waals surface area contributed by atoms with Crippen LogP contribution in [0.1, 0.15) is 0 Å². The van der Waals surface area contributed by atoms with Gasteiger partial charge >= 0.3 is 0 Å². The van der Waals surface area contributed by atoms with Gasteiger partial charge in [0.1, 0.15) is 0 Å². The van der Waals surface area contributed by atoms with E-state index in [-0.39, 0.29) is 5.78 Å². The highest BCUT2D eigenvalue weighted by Crippen LogP contribution is 1.84. The molecule has 1 aliphatic heterocycles. The van der Waals surface area contributed by atoms with Crippen LogP contribution in [0.5, 0.6) is 0 Å².